The van der Waals surface area contributed by atoms with E-state index in [9.17, 15) is 4.79 Å². The number of likely N-dealkylation sites (tertiary alicyclic amines) is 1. The molecule has 1 atom stereocenters. The standard InChI is InChI=1S/C13H17N3O/c1-2-11-9-13(17)16(10-11)8-7-15-12-5-3-4-6-14-12/h2-6,11H,1,7-10H2,(H,14,15). The molecule has 1 fully saturated rings. The third-order valence-corrected chi connectivity index (χ3v) is 2.93. The van der Waals surface area contributed by atoms with Crippen molar-refractivity contribution in [1.29, 1.82) is 0 Å². The predicted octanol–water partition coefficient (Wildman–Crippen LogP) is 1.53. The molecule has 1 aliphatic heterocycles. The normalized spacial score (nSPS) is 19.4. The van der Waals surface area contributed by atoms with Crippen LogP contribution in [0.5, 0.6) is 0 Å². The molecular formula is C13H17N3O. The molecule has 0 saturated carbocycles. The van der Waals surface area contributed by atoms with Gasteiger partial charge in [0, 0.05) is 38.2 Å². The number of hydrogen-bond donors (Lipinski definition) is 1. The number of nitrogens with one attached hydrogen (secondary N) is 1. The van der Waals surface area contributed by atoms with Gasteiger partial charge in [-0.1, -0.05) is 12.1 Å². The van der Waals surface area contributed by atoms with Gasteiger partial charge in [-0.25, -0.2) is 4.98 Å². The van der Waals surface area contributed by atoms with Crippen LogP contribution >= 0.6 is 0 Å². The average molecular weight is 231 g/mol. The van der Waals surface area contributed by atoms with Crippen LogP contribution in [0.25, 0.3) is 0 Å². The SMILES string of the molecule is C=CC1CC(=O)N(CCNc2ccccn2)C1. The first kappa shape index (κ1) is 11.6. The highest BCUT2D eigenvalue weighted by molar-refractivity contribution is 5.79. The molecule has 1 aromatic rings. The minimum Gasteiger partial charge on any atom is -0.368 e. The van der Waals surface area contributed by atoms with E-state index in [1.54, 1.807) is 6.20 Å². The van der Waals surface area contributed by atoms with E-state index in [-0.39, 0.29) is 5.91 Å². The molecule has 90 valence electrons. The molecule has 1 amide bonds. The van der Waals surface area contributed by atoms with Gasteiger partial charge >= 0.3 is 0 Å². The summed E-state index contributed by atoms with van der Waals surface area (Å²) in [6, 6.07) is 5.73. The van der Waals surface area contributed by atoms with Crippen LogP contribution in [0.2, 0.25) is 0 Å². The summed E-state index contributed by atoms with van der Waals surface area (Å²) in [6.07, 6.45) is 4.22. The van der Waals surface area contributed by atoms with Gasteiger partial charge in [-0.05, 0) is 12.1 Å². The van der Waals surface area contributed by atoms with E-state index in [1.807, 2.05) is 29.2 Å². The van der Waals surface area contributed by atoms with E-state index < -0.39 is 0 Å². The van der Waals surface area contributed by atoms with Gasteiger partial charge in [0.1, 0.15) is 5.82 Å². The van der Waals surface area contributed by atoms with Crippen molar-refractivity contribution in [3.63, 3.8) is 0 Å². The second-order valence-corrected chi connectivity index (χ2v) is 4.18. The summed E-state index contributed by atoms with van der Waals surface area (Å²) in [4.78, 5) is 17.7. The molecule has 1 aliphatic rings. The lowest BCUT2D eigenvalue weighted by Crippen LogP contribution is -2.30. The van der Waals surface area contributed by atoms with Crippen LogP contribution in [0, 0.1) is 5.92 Å². The molecule has 2 heterocycles. The summed E-state index contributed by atoms with van der Waals surface area (Å²) in [7, 11) is 0. The first-order chi connectivity index (χ1) is 8.29. The zero-order valence-electron chi connectivity index (χ0n) is 9.80. The third kappa shape index (κ3) is 3.06. The summed E-state index contributed by atoms with van der Waals surface area (Å²) >= 11 is 0. The predicted molar refractivity (Wildman–Crippen MR) is 67.6 cm³/mol. The highest BCUT2D eigenvalue weighted by Crippen LogP contribution is 2.17. The number of amides is 1. The highest BCUT2D eigenvalue weighted by Gasteiger charge is 2.26. The fourth-order valence-corrected chi connectivity index (χ4v) is 1.96. The minimum absolute atomic E-state index is 0.220. The van der Waals surface area contributed by atoms with Crippen molar-refractivity contribution in [3.05, 3.63) is 37.1 Å². The molecule has 17 heavy (non-hydrogen) atoms. The molecule has 4 nitrogen and oxygen atoms in total. The van der Waals surface area contributed by atoms with Crippen molar-refractivity contribution in [2.45, 2.75) is 6.42 Å². The zero-order valence-corrected chi connectivity index (χ0v) is 9.80. The molecule has 1 aromatic heterocycles. The Morgan fingerprint density at radius 1 is 1.59 bits per heavy atom. The smallest absolute Gasteiger partial charge is 0.223 e. The lowest BCUT2D eigenvalue weighted by Gasteiger charge is -2.16. The Labute approximate surface area is 101 Å². The Kier molecular flexibility index (Phi) is 3.75. The Balaban J connectivity index is 1.76. The molecule has 0 aliphatic carbocycles. The number of carbonyl (C=O) groups excluding carboxylic acids is 1. The molecule has 0 radical (unpaired) electrons. The van der Waals surface area contributed by atoms with Crippen molar-refractivity contribution in [1.82, 2.24) is 9.88 Å². The lowest BCUT2D eigenvalue weighted by molar-refractivity contribution is -0.127. The van der Waals surface area contributed by atoms with Crippen LogP contribution in [0.3, 0.4) is 0 Å². The first-order valence-electron chi connectivity index (χ1n) is 5.85. The van der Waals surface area contributed by atoms with Crippen LogP contribution in [0.4, 0.5) is 5.82 Å². The monoisotopic (exact) mass is 231 g/mol. The average Bonchev–Trinajstić information content (AvgIpc) is 2.72. The molecule has 0 bridgehead atoms. The van der Waals surface area contributed by atoms with Gasteiger partial charge in [0.05, 0.1) is 0 Å². The van der Waals surface area contributed by atoms with Crippen molar-refractivity contribution >= 4 is 11.7 Å². The van der Waals surface area contributed by atoms with Gasteiger partial charge in [0.25, 0.3) is 0 Å². The molecule has 1 saturated heterocycles. The maximum absolute atomic E-state index is 11.6. The Bertz CT molecular complexity index is 391. The van der Waals surface area contributed by atoms with E-state index in [0.717, 1.165) is 25.5 Å². The van der Waals surface area contributed by atoms with E-state index in [2.05, 4.69) is 16.9 Å². The maximum Gasteiger partial charge on any atom is 0.223 e. The van der Waals surface area contributed by atoms with Crippen molar-refractivity contribution in [3.8, 4) is 0 Å². The number of rotatable bonds is 5. The van der Waals surface area contributed by atoms with Gasteiger partial charge in [-0.2, -0.15) is 0 Å². The van der Waals surface area contributed by atoms with Crippen LogP contribution in [0.15, 0.2) is 37.1 Å². The van der Waals surface area contributed by atoms with Crippen LogP contribution in [-0.2, 0) is 4.79 Å². The molecule has 4 heteroatoms. The first-order valence-corrected chi connectivity index (χ1v) is 5.85. The van der Waals surface area contributed by atoms with E-state index in [0.29, 0.717) is 12.3 Å². The fourth-order valence-electron chi connectivity index (χ4n) is 1.96. The van der Waals surface area contributed by atoms with E-state index >= 15 is 0 Å². The molecule has 0 spiro atoms. The third-order valence-electron chi connectivity index (χ3n) is 2.93. The summed E-state index contributed by atoms with van der Waals surface area (Å²) < 4.78 is 0. The van der Waals surface area contributed by atoms with Crippen LogP contribution < -0.4 is 5.32 Å². The lowest BCUT2D eigenvalue weighted by atomic mass is 10.1. The summed E-state index contributed by atoms with van der Waals surface area (Å²) in [5, 5.41) is 3.19. The Morgan fingerprint density at radius 2 is 2.47 bits per heavy atom. The summed E-state index contributed by atoms with van der Waals surface area (Å²) in [5.41, 5.74) is 0. The Morgan fingerprint density at radius 3 is 3.12 bits per heavy atom. The van der Waals surface area contributed by atoms with Crippen LogP contribution in [0.1, 0.15) is 6.42 Å². The molecule has 0 aromatic carbocycles. The number of pyridine rings is 1. The van der Waals surface area contributed by atoms with Gasteiger partial charge in [0.15, 0.2) is 0 Å². The minimum atomic E-state index is 0.220. The highest BCUT2D eigenvalue weighted by atomic mass is 16.2. The summed E-state index contributed by atoms with van der Waals surface area (Å²) in [5.74, 6) is 1.38. The molecule has 1 unspecified atom stereocenters. The number of carbonyl (C=O) groups is 1. The van der Waals surface area contributed by atoms with Gasteiger partial charge in [0.2, 0.25) is 5.91 Å². The number of hydrogen-bond acceptors (Lipinski definition) is 3. The van der Waals surface area contributed by atoms with Gasteiger partial charge in [-0.3, -0.25) is 4.79 Å². The quantitative estimate of drug-likeness (QED) is 0.782. The number of anilines is 1. The van der Waals surface area contributed by atoms with E-state index in [1.165, 1.54) is 0 Å². The topological polar surface area (TPSA) is 45.2 Å². The van der Waals surface area contributed by atoms with Crippen molar-refractivity contribution in [2.75, 3.05) is 25.0 Å². The van der Waals surface area contributed by atoms with Crippen molar-refractivity contribution in [2.24, 2.45) is 5.92 Å². The molecule has 2 rings (SSSR count). The maximum atomic E-state index is 11.6. The number of nitrogens with zero attached hydrogens (tertiary/aromatic N) is 2. The molecule has 1 N–H and O–H groups in total. The Hall–Kier alpha value is -1.84. The second-order valence-electron chi connectivity index (χ2n) is 4.18. The van der Waals surface area contributed by atoms with Gasteiger partial charge < -0.3 is 10.2 Å². The zero-order chi connectivity index (χ0) is 12.1. The van der Waals surface area contributed by atoms with Crippen LogP contribution in [-0.4, -0.2) is 35.4 Å². The fraction of sp³-hybridized carbons (Fsp3) is 0.385. The number of aromatic nitrogens is 1. The van der Waals surface area contributed by atoms with Gasteiger partial charge in [-0.15, -0.1) is 6.58 Å². The van der Waals surface area contributed by atoms with E-state index in [4.69, 9.17) is 0 Å². The summed E-state index contributed by atoms with van der Waals surface area (Å²) in [6.45, 7) is 5.98. The van der Waals surface area contributed by atoms with Crippen molar-refractivity contribution < 1.29 is 4.79 Å². The largest absolute Gasteiger partial charge is 0.368 e. The molecular weight excluding hydrogens is 214 g/mol. The second kappa shape index (κ2) is 5.48.